The van der Waals surface area contributed by atoms with Crippen molar-refractivity contribution >= 4 is 11.6 Å². The lowest BCUT2D eigenvalue weighted by Crippen LogP contribution is -2.26. The Bertz CT molecular complexity index is 686. The second-order valence-electron chi connectivity index (χ2n) is 6.25. The molecule has 0 saturated carbocycles. The van der Waals surface area contributed by atoms with Gasteiger partial charge in [0.2, 0.25) is 0 Å². The Kier molecular flexibility index (Phi) is 7.41. The van der Waals surface area contributed by atoms with Gasteiger partial charge < -0.3 is 15.4 Å². The maximum atomic E-state index is 12.2. The summed E-state index contributed by atoms with van der Waals surface area (Å²) in [4.78, 5) is 16.4. The van der Waals surface area contributed by atoms with E-state index in [-0.39, 0.29) is 12.0 Å². The molecular weight excluding hydrogens is 314 g/mol. The van der Waals surface area contributed by atoms with Gasteiger partial charge in [0.15, 0.2) is 0 Å². The van der Waals surface area contributed by atoms with Crippen LogP contribution in [0.15, 0.2) is 42.6 Å². The van der Waals surface area contributed by atoms with E-state index in [0.29, 0.717) is 25.4 Å². The van der Waals surface area contributed by atoms with Crippen molar-refractivity contribution in [1.82, 2.24) is 10.3 Å². The standard InChI is InChI=1S/C20H27N3O2/c1-15(2)25-12-6-10-22-20(24)19-13-17(9-11-21-19)14-23-18-8-5-4-7-16(18)3/h4-5,7-9,11,13,15,23H,6,10,12,14H2,1-3H3,(H,22,24). The van der Waals surface area contributed by atoms with Crippen molar-refractivity contribution in [3.8, 4) is 0 Å². The van der Waals surface area contributed by atoms with E-state index >= 15 is 0 Å². The summed E-state index contributed by atoms with van der Waals surface area (Å²) in [6, 6.07) is 11.9. The minimum atomic E-state index is -0.151. The van der Waals surface area contributed by atoms with Crippen molar-refractivity contribution in [3.05, 3.63) is 59.4 Å². The molecule has 2 rings (SSSR count). The average Bonchev–Trinajstić information content (AvgIpc) is 2.60. The number of hydrogen-bond donors (Lipinski definition) is 2. The van der Waals surface area contributed by atoms with E-state index in [2.05, 4.69) is 28.6 Å². The second kappa shape index (κ2) is 9.79. The molecule has 0 saturated heterocycles. The Labute approximate surface area is 149 Å². The number of nitrogens with one attached hydrogen (secondary N) is 2. The van der Waals surface area contributed by atoms with E-state index in [1.807, 2.05) is 44.2 Å². The number of nitrogens with zero attached hydrogens (tertiary/aromatic N) is 1. The molecule has 0 unspecified atom stereocenters. The molecule has 5 heteroatoms. The highest BCUT2D eigenvalue weighted by Gasteiger charge is 2.07. The molecule has 1 aromatic heterocycles. The topological polar surface area (TPSA) is 63.2 Å². The molecule has 1 heterocycles. The molecule has 0 spiro atoms. The molecule has 1 aromatic carbocycles. The van der Waals surface area contributed by atoms with Gasteiger partial charge in [-0.15, -0.1) is 0 Å². The van der Waals surface area contributed by atoms with E-state index < -0.39 is 0 Å². The van der Waals surface area contributed by atoms with Gasteiger partial charge in [-0.2, -0.15) is 0 Å². The quantitative estimate of drug-likeness (QED) is 0.685. The van der Waals surface area contributed by atoms with Crippen LogP contribution in [0.1, 0.15) is 41.9 Å². The number of carbonyl (C=O) groups is 1. The summed E-state index contributed by atoms with van der Waals surface area (Å²) in [5.41, 5.74) is 3.74. The van der Waals surface area contributed by atoms with Gasteiger partial charge in [-0.3, -0.25) is 9.78 Å². The Morgan fingerprint density at radius 3 is 2.80 bits per heavy atom. The molecule has 0 aliphatic carbocycles. The van der Waals surface area contributed by atoms with Gasteiger partial charge in [0.05, 0.1) is 6.10 Å². The molecule has 0 bridgehead atoms. The van der Waals surface area contributed by atoms with Crippen LogP contribution < -0.4 is 10.6 Å². The van der Waals surface area contributed by atoms with Crippen LogP contribution in [0.4, 0.5) is 5.69 Å². The number of hydrogen-bond acceptors (Lipinski definition) is 4. The number of pyridine rings is 1. The monoisotopic (exact) mass is 341 g/mol. The Morgan fingerprint density at radius 1 is 1.24 bits per heavy atom. The van der Waals surface area contributed by atoms with Crippen LogP contribution in [-0.4, -0.2) is 30.1 Å². The van der Waals surface area contributed by atoms with Crippen LogP contribution >= 0.6 is 0 Å². The van der Waals surface area contributed by atoms with Crippen molar-refractivity contribution in [1.29, 1.82) is 0 Å². The second-order valence-corrected chi connectivity index (χ2v) is 6.25. The Morgan fingerprint density at radius 2 is 2.04 bits per heavy atom. The van der Waals surface area contributed by atoms with Crippen LogP contribution in [-0.2, 0) is 11.3 Å². The molecule has 134 valence electrons. The fourth-order valence-electron chi connectivity index (χ4n) is 2.36. The van der Waals surface area contributed by atoms with E-state index in [0.717, 1.165) is 17.7 Å². The maximum absolute atomic E-state index is 12.2. The summed E-state index contributed by atoms with van der Waals surface area (Å²) in [6.45, 7) is 7.94. The number of amides is 1. The van der Waals surface area contributed by atoms with Crippen molar-refractivity contribution in [3.63, 3.8) is 0 Å². The zero-order chi connectivity index (χ0) is 18.1. The molecule has 2 aromatic rings. The first-order chi connectivity index (χ1) is 12.1. The minimum Gasteiger partial charge on any atom is -0.381 e. The van der Waals surface area contributed by atoms with Crippen LogP contribution in [0.25, 0.3) is 0 Å². The average molecular weight is 341 g/mol. The molecule has 0 atom stereocenters. The zero-order valence-electron chi connectivity index (χ0n) is 15.2. The summed E-state index contributed by atoms with van der Waals surface area (Å²) in [5, 5.41) is 6.27. The highest BCUT2D eigenvalue weighted by molar-refractivity contribution is 5.92. The van der Waals surface area contributed by atoms with Gasteiger partial charge in [-0.25, -0.2) is 0 Å². The molecule has 0 aliphatic rings. The van der Waals surface area contributed by atoms with E-state index in [4.69, 9.17) is 4.74 Å². The molecule has 1 amide bonds. The Balaban J connectivity index is 1.83. The summed E-state index contributed by atoms with van der Waals surface area (Å²) in [5.74, 6) is -0.151. The highest BCUT2D eigenvalue weighted by atomic mass is 16.5. The molecule has 0 fully saturated rings. The van der Waals surface area contributed by atoms with Gasteiger partial charge in [-0.05, 0) is 56.5 Å². The number of benzene rings is 1. The zero-order valence-corrected chi connectivity index (χ0v) is 15.2. The lowest BCUT2D eigenvalue weighted by molar-refractivity contribution is 0.0756. The van der Waals surface area contributed by atoms with Crippen LogP contribution in [0.2, 0.25) is 0 Å². The highest BCUT2D eigenvalue weighted by Crippen LogP contribution is 2.14. The first-order valence-corrected chi connectivity index (χ1v) is 8.70. The molecule has 25 heavy (non-hydrogen) atoms. The minimum absolute atomic E-state index is 0.151. The van der Waals surface area contributed by atoms with Crippen molar-refractivity contribution in [2.75, 3.05) is 18.5 Å². The number of rotatable bonds is 9. The Hall–Kier alpha value is -2.40. The smallest absolute Gasteiger partial charge is 0.269 e. The van der Waals surface area contributed by atoms with Gasteiger partial charge >= 0.3 is 0 Å². The first-order valence-electron chi connectivity index (χ1n) is 8.70. The van der Waals surface area contributed by atoms with Crippen LogP contribution in [0.5, 0.6) is 0 Å². The van der Waals surface area contributed by atoms with E-state index in [1.54, 1.807) is 6.20 Å². The number of anilines is 1. The van der Waals surface area contributed by atoms with Gasteiger partial charge in [0.25, 0.3) is 5.91 Å². The van der Waals surface area contributed by atoms with E-state index in [1.165, 1.54) is 5.56 Å². The van der Waals surface area contributed by atoms with E-state index in [9.17, 15) is 4.79 Å². The summed E-state index contributed by atoms with van der Waals surface area (Å²) >= 11 is 0. The fraction of sp³-hybridized carbons (Fsp3) is 0.400. The SMILES string of the molecule is Cc1ccccc1NCc1ccnc(C(=O)NCCCOC(C)C)c1. The lowest BCUT2D eigenvalue weighted by Gasteiger charge is -2.10. The molecule has 2 N–H and O–H groups in total. The summed E-state index contributed by atoms with van der Waals surface area (Å²) < 4.78 is 5.46. The van der Waals surface area contributed by atoms with Gasteiger partial charge in [0, 0.05) is 31.6 Å². The van der Waals surface area contributed by atoms with Gasteiger partial charge in [-0.1, -0.05) is 18.2 Å². The number of carbonyl (C=O) groups excluding carboxylic acids is 1. The number of aromatic nitrogens is 1. The number of aryl methyl sites for hydroxylation is 1. The third-order valence-electron chi connectivity index (χ3n) is 3.74. The molecular formula is C20H27N3O2. The molecule has 5 nitrogen and oxygen atoms in total. The predicted octanol–water partition coefficient (Wildman–Crippen LogP) is 3.55. The number of para-hydroxylation sites is 1. The number of ether oxygens (including phenoxy) is 1. The largest absolute Gasteiger partial charge is 0.381 e. The first kappa shape index (κ1) is 18.9. The summed E-state index contributed by atoms with van der Waals surface area (Å²) in [6.07, 6.45) is 2.68. The normalized spacial score (nSPS) is 10.7. The lowest BCUT2D eigenvalue weighted by atomic mass is 10.1. The maximum Gasteiger partial charge on any atom is 0.269 e. The third-order valence-corrected chi connectivity index (χ3v) is 3.74. The van der Waals surface area contributed by atoms with Crippen molar-refractivity contribution < 1.29 is 9.53 Å². The summed E-state index contributed by atoms with van der Waals surface area (Å²) in [7, 11) is 0. The van der Waals surface area contributed by atoms with Crippen molar-refractivity contribution in [2.24, 2.45) is 0 Å². The van der Waals surface area contributed by atoms with Crippen LogP contribution in [0.3, 0.4) is 0 Å². The molecule has 0 aliphatic heterocycles. The predicted molar refractivity (Wildman–Crippen MR) is 101 cm³/mol. The van der Waals surface area contributed by atoms with Crippen LogP contribution in [0, 0.1) is 6.92 Å². The van der Waals surface area contributed by atoms with Crippen molar-refractivity contribution in [2.45, 2.75) is 39.8 Å². The molecule has 0 radical (unpaired) electrons. The third kappa shape index (κ3) is 6.55. The van der Waals surface area contributed by atoms with Gasteiger partial charge in [0.1, 0.15) is 5.69 Å². The fourth-order valence-corrected chi connectivity index (χ4v) is 2.36.